The van der Waals surface area contributed by atoms with Gasteiger partial charge in [0.25, 0.3) is 0 Å². The zero-order valence-corrected chi connectivity index (χ0v) is 10.2. The number of hydrogen-bond acceptors (Lipinski definition) is 3. The third kappa shape index (κ3) is 3.85. The van der Waals surface area contributed by atoms with Crippen molar-refractivity contribution in [3.05, 3.63) is 23.8 Å². The first-order valence-electron chi connectivity index (χ1n) is 5.68. The van der Waals surface area contributed by atoms with Crippen molar-refractivity contribution in [2.24, 2.45) is 0 Å². The second kappa shape index (κ2) is 6.39. The molecule has 0 saturated heterocycles. The van der Waals surface area contributed by atoms with Gasteiger partial charge in [-0.05, 0) is 13.1 Å². The highest BCUT2D eigenvalue weighted by Crippen LogP contribution is 2.22. The minimum atomic E-state index is -0.663. The number of likely N-dealkylation sites (N-methyl/N-ethyl adjacent to an activating group) is 1. The van der Waals surface area contributed by atoms with Crippen molar-refractivity contribution < 1.29 is 13.5 Å². The minimum Gasteiger partial charge on any atom is -0.489 e. The molecule has 5 heteroatoms. The third-order valence-corrected chi connectivity index (χ3v) is 2.61. The maximum absolute atomic E-state index is 13.3. The lowest BCUT2D eigenvalue weighted by molar-refractivity contribution is 0.217. The van der Waals surface area contributed by atoms with Gasteiger partial charge in [-0.25, -0.2) is 8.78 Å². The van der Waals surface area contributed by atoms with Gasteiger partial charge in [0.2, 0.25) is 0 Å². The Hall–Kier alpha value is -1.36. The zero-order valence-electron chi connectivity index (χ0n) is 10.2. The molecule has 1 aromatic carbocycles. The lowest BCUT2D eigenvalue weighted by Crippen LogP contribution is -2.28. The molecule has 0 bridgehead atoms. The van der Waals surface area contributed by atoms with Crippen molar-refractivity contribution in [3.63, 3.8) is 0 Å². The van der Waals surface area contributed by atoms with Crippen LogP contribution >= 0.6 is 0 Å². The van der Waals surface area contributed by atoms with Gasteiger partial charge in [0, 0.05) is 18.7 Å². The molecule has 0 aliphatic heterocycles. The normalized spacial score (nSPS) is 10.9. The molecule has 0 radical (unpaired) electrons. The number of halogens is 2. The summed E-state index contributed by atoms with van der Waals surface area (Å²) in [4.78, 5) is 2.13. The summed E-state index contributed by atoms with van der Waals surface area (Å²) in [7, 11) is 0. The molecule has 0 aliphatic rings. The number of ether oxygens (including phenoxy) is 1. The van der Waals surface area contributed by atoms with Crippen molar-refractivity contribution in [2.45, 2.75) is 13.8 Å². The van der Waals surface area contributed by atoms with Gasteiger partial charge in [0.1, 0.15) is 12.4 Å². The molecule has 0 atom stereocenters. The summed E-state index contributed by atoms with van der Waals surface area (Å²) in [6, 6.07) is 1.91. The van der Waals surface area contributed by atoms with Crippen molar-refractivity contribution in [1.29, 1.82) is 0 Å². The molecule has 3 nitrogen and oxygen atoms in total. The molecule has 0 heterocycles. The maximum atomic E-state index is 13.3. The lowest BCUT2D eigenvalue weighted by atomic mass is 10.3. The van der Waals surface area contributed by atoms with E-state index in [0.29, 0.717) is 13.2 Å². The molecule has 0 saturated carbocycles. The quantitative estimate of drug-likeness (QED) is 0.780. The Bertz CT molecular complexity index is 368. The second-order valence-corrected chi connectivity index (χ2v) is 3.68. The SMILES string of the molecule is CCN(CC)CCOc1cc(F)c(N)cc1F. The van der Waals surface area contributed by atoms with Crippen LogP contribution in [0.1, 0.15) is 13.8 Å². The first kappa shape index (κ1) is 13.7. The van der Waals surface area contributed by atoms with E-state index >= 15 is 0 Å². The Morgan fingerprint density at radius 3 is 2.41 bits per heavy atom. The number of nitrogen functional groups attached to an aromatic ring is 1. The summed E-state index contributed by atoms with van der Waals surface area (Å²) in [5.74, 6) is -1.39. The van der Waals surface area contributed by atoms with Crippen LogP contribution in [0.4, 0.5) is 14.5 Å². The van der Waals surface area contributed by atoms with Crippen LogP contribution in [0.5, 0.6) is 5.75 Å². The maximum Gasteiger partial charge on any atom is 0.167 e. The summed E-state index contributed by atoms with van der Waals surface area (Å²) in [6.45, 7) is 6.87. The fourth-order valence-electron chi connectivity index (χ4n) is 1.48. The van der Waals surface area contributed by atoms with Crippen LogP contribution in [-0.4, -0.2) is 31.1 Å². The monoisotopic (exact) mass is 244 g/mol. The zero-order chi connectivity index (χ0) is 12.8. The molecular weight excluding hydrogens is 226 g/mol. The second-order valence-electron chi connectivity index (χ2n) is 3.68. The number of benzene rings is 1. The predicted octanol–water partition coefficient (Wildman–Crippen LogP) is 2.27. The average Bonchev–Trinajstić information content (AvgIpc) is 2.31. The van der Waals surface area contributed by atoms with E-state index in [4.69, 9.17) is 10.5 Å². The summed E-state index contributed by atoms with van der Waals surface area (Å²) >= 11 is 0. The number of nitrogens with two attached hydrogens (primary N) is 1. The Morgan fingerprint density at radius 2 is 1.82 bits per heavy atom. The highest BCUT2D eigenvalue weighted by atomic mass is 19.1. The largest absolute Gasteiger partial charge is 0.489 e. The van der Waals surface area contributed by atoms with Gasteiger partial charge in [-0.2, -0.15) is 0 Å². The molecular formula is C12H18F2N2O. The first-order valence-corrected chi connectivity index (χ1v) is 5.68. The van der Waals surface area contributed by atoms with Gasteiger partial charge in [0.05, 0.1) is 5.69 Å². The van der Waals surface area contributed by atoms with Gasteiger partial charge >= 0.3 is 0 Å². The Labute approximate surface area is 100 Å². The summed E-state index contributed by atoms with van der Waals surface area (Å²) in [5.41, 5.74) is 5.02. The smallest absolute Gasteiger partial charge is 0.167 e. The summed E-state index contributed by atoms with van der Waals surface area (Å²) < 4.78 is 31.6. The van der Waals surface area contributed by atoms with E-state index in [1.807, 2.05) is 13.8 Å². The lowest BCUT2D eigenvalue weighted by Gasteiger charge is -2.18. The molecule has 2 N–H and O–H groups in total. The van der Waals surface area contributed by atoms with Crippen LogP contribution in [-0.2, 0) is 0 Å². The number of anilines is 1. The molecule has 0 aromatic heterocycles. The van der Waals surface area contributed by atoms with Gasteiger partial charge in [-0.1, -0.05) is 13.8 Å². The molecule has 1 aromatic rings. The molecule has 17 heavy (non-hydrogen) atoms. The highest BCUT2D eigenvalue weighted by Gasteiger charge is 2.09. The topological polar surface area (TPSA) is 38.5 Å². The van der Waals surface area contributed by atoms with Crippen molar-refractivity contribution >= 4 is 5.69 Å². The van der Waals surface area contributed by atoms with E-state index in [0.717, 1.165) is 25.2 Å². The molecule has 0 unspecified atom stereocenters. The number of hydrogen-bond donors (Lipinski definition) is 1. The van der Waals surface area contributed by atoms with Crippen molar-refractivity contribution in [1.82, 2.24) is 4.90 Å². The van der Waals surface area contributed by atoms with Crippen LogP contribution in [0.25, 0.3) is 0 Å². The van der Waals surface area contributed by atoms with E-state index in [-0.39, 0.29) is 11.4 Å². The molecule has 0 fully saturated rings. The fourth-order valence-corrected chi connectivity index (χ4v) is 1.48. The molecule has 0 aliphatic carbocycles. The average molecular weight is 244 g/mol. The van der Waals surface area contributed by atoms with Gasteiger partial charge in [-0.3, -0.25) is 0 Å². The Morgan fingerprint density at radius 1 is 1.18 bits per heavy atom. The minimum absolute atomic E-state index is 0.0937. The molecule has 0 spiro atoms. The standard InChI is InChI=1S/C12H18F2N2O/c1-3-16(4-2)5-6-17-12-8-9(13)11(15)7-10(12)14/h7-8H,3-6,15H2,1-2H3. The number of nitrogens with zero attached hydrogens (tertiary/aromatic N) is 1. The van der Waals surface area contributed by atoms with Crippen LogP contribution in [0.2, 0.25) is 0 Å². The summed E-state index contributed by atoms with van der Waals surface area (Å²) in [5, 5.41) is 0. The van der Waals surface area contributed by atoms with E-state index in [1.54, 1.807) is 0 Å². The van der Waals surface area contributed by atoms with Gasteiger partial charge in [0.15, 0.2) is 11.6 Å². The molecule has 0 amide bonds. The predicted molar refractivity (Wildman–Crippen MR) is 64.1 cm³/mol. The van der Waals surface area contributed by atoms with Crippen molar-refractivity contribution in [3.8, 4) is 5.75 Å². The Kier molecular flexibility index (Phi) is 5.15. The van der Waals surface area contributed by atoms with E-state index < -0.39 is 11.6 Å². The van der Waals surface area contributed by atoms with Crippen LogP contribution in [0.3, 0.4) is 0 Å². The van der Waals surface area contributed by atoms with E-state index in [2.05, 4.69) is 4.90 Å². The van der Waals surface area contributed by atoms with E-state index in [9.17, 15) is 8.78 Å². The highest BCUT2D eigenvalue weighted by molar-refractivity contribution is 5.44. The van der Waals surface area contributed by atoms with E-state index in [1.165, 1.54) is 0 Å². The first-order chi connectivity index (χ1) is 8.08. The van der Waals surface area contributed by atoms with Crippen LogP contribution < -0.4 is 10.5 Å². The number of rotatable bonds is 6. The van der Waals surface area contributed by atoms with Crippen molar-refractivity contribution in [2.75, 3.05) is 32.0 Å². The van der Waals surface area contributed by atoms with Crippen LogP contribution in [0, 0.1) is 11.6 Å². The summed E-state index contributed by atoms with van der Waals surface area (Å²) in [6.07, 6.45) is 0. The Balaban J connectivity index is 2.55. The molecule has 96 valence electrons. The third-order valence-electron chi connectivity index (χ3n) is 2.61. The van der Waals surface area contributed by atoms with Gasteiger partial charge in [-0.15, -0.1) is 0 Å². The van der Waals surface area contributed by atoms with Gasteiger partial charge < -0.3 is 15.4 Å². The van der Waals surface area contributed by atoms with Crippen LogP contribution in [0.15, 0.2) is 12.1 Å². The fraction of sp³-hybridized carbons (Fsp3) is 0.500. The molecule has 1 rings (SSSR count).